The van der Waals surface area contributed by atoms with Gasteiger partial charge >= 0.3 is 0 Å². The van der Waals surface area contributed by atoms with Gasteiger partial charge in [-0.25, -0.2) is 0 Å². The first-order valence-corrected chi connectivity index (χ1v) is 4.64. The smallest absolute Gasteiger partial charge is 0.118 e. The Morgan fingerprint density at radius 3 is 2.57 bits per heavy atom. The number of phenolic OH excluding ortho intramolecular Hbond substituents is 1. The van der Waals surface area contributed by atoms with Crippen LogP contribution in [0.1, 0.15) is 12.5 Å². The molecule has 0 saturated carbocycles. The minimum absolute atomic E-state index is 0.209. The number of benzene rings is 1. The molecule has 0 heterocycles. The van der Waals surface area contributed by atoms with Crippen LogP contribution in [-0.2, 0) is 6.42 Å². The van der Waals surface area contributed by atoms with Gasteiger partial charge in [-0.15, -0.1) is 0 Å². The van der Waals surface area contributed by atoms with Gasteiger partial charge < -0.3 is 10.8 Å². The van der Waals surface area contributed by atoms with E-state index in [4.69, 9.17) is 5.73 Å². The van der Waals surface area contributed by atoms with Crippen molar-refractivity contribution >= 4 is 0 Å². The van der Waals surface area contributed by atoms with E-state index in [1.807, 2.05) is 6.07 Å². The van der Waals surface area contributed by atoms with Gasteiger partial charge in [0, 0.05) is 12.0 Å². The van der Waals surface area contributed by atoms with Gasteiger partial charge in [0.1, 0.15) is 5.75 Å². The lowest BCUT2D eigenvalue weighted by atomic mass is 9.85. The van der Waals surface area contributed by atoms with Crippen LogP contribution >= 0.6 is 0 Å². The zero-order valence-corrected chi connectivity index (χ0v) is 8.33. The Kier molecular flexibility index (Phi) is 3.47. The van der Waals surface area contributed by atoms with Crippen LogP contribution in [0.3, 0.4) is 0 Å². The number of para-hydroxylation sites is 1. The van der Waals surface area contributed by atoms with Gasteiger partial charge in [-0.3, -0.25) is 4.39 Å². The number of alkyl halides is 1. The summed E-state index contributed by atoms with van der Waals surface area (Å²) in [4.78, 5) is 0. The Labute approximate surface area is 83.6 Å². The highest BCUT2D eigenvalue weighted by Gasteiger charge is 2.23. The van der Waals surface area contributed by atoms with E-state index in [0.29, 0.717) is 6.42 Å². The molecule has 0 amide bonds. The van der Waals surface area contributed by atoms with E-state index < -0.39 is 12.1 Å². The summed E-state index contributed by atoms with van der Waals surface area (Å²) in [5.41, 5.74) is 5.67. The zero-order valence-electron chi connectivity index (χ0n) is 8.33. The van der Waals surface area contributed by atoms with E-state index in [0.717, 1.165) is 5.56 Å². The summed E-state index contributed by atoms with van der Waals surface area (Å²) in [6.45, 7) is 1.58. The largest absolute Gasteiger partial charge is 0.508 e. The minimum Gasteiger partial charge on any atom is -0.508 e. The normalized spacial score (nSPS) is 15.1. The van der Waals surface area contributed by atoms with Crippen molar-refractivity contribution in [3.63, 3.8) is 0 Å². The van der Waals surface area contributed by atoms with E-state index in [9.17, 15) is 9.50 Å². The van der Waals surface area contributed by atoms with Gasteiger partial charge in [0.05, 0.1) is 6.67 Å². The molecule has 1 rings (SSSR count). The third-order valence-electron chi connectivity index (χ3n) is 2.42. The van der Waals surface area contributed by atoms with Crippen molar-refractivity contribution in [1.82, 2.24) is 0 Å². The molecule has 1 aromatic carbocycles. The molecule has 1 atom stereocenters. The van der Waals surface area contributed by atoms with E-state index in [1.165, 1.54) is 0 Å². The SMILES string of the molecule is CC(CN)(CF)Cc1ccccc1O. The molecule has 0 saturated heterocycles. The Morgan fingerprint density at radius 1 is 1.43 bits per heavy atom. The quantitative estimate of drug-likeness (QED) is 0.774. The number of hydrogen-bond acceptors (Lipinski definition) is 2. The summed E-state index contributed by atoms with van der Waals surface area (Å²) < 4.78 is 12.7. The highest BCUT2D eigenvalue weighted by molar-refractivity contribution is 5.32. The fourth-order valence-corrected chi connectivity index (χ4v) is 1.29. The zero-order chi connectivity index (χ0) is 10.6. The molecule has 3 heteroatoms. The Bertz CT molecular complexity index is 297. The monoisotopic (exact) mass is 197 g/mol. The van der Waals surface area contributed by atoms with Crippen LogP contribution in [0.15, 0.2) is 24.3 Å². The first-order valence-electron chi connectivity index (χ1n) is 4.64. The molecular formula is C11H16FNO. The fraction of sp³-hybridized carbons (Fsp3) is 0.455. The third kappa shape index (κ3) is 2.45. The van der Waals surface area contributed by atoms with Crippen molar-refractivity contribution in [2.24, 2.45) is 11.1 Å². The molecule has 0 bridgehead atoms. The van der Waals surface area contributed by atoms with Gasteiger partial charge in [-0.05, 0) is 18.1 Å². The molecule has 0 spiro atoms. The third-order valence-corrected chi connectivity index (χ3v) is 2.42. The highest BCUT2D eigenvalue weighted by Crippen LogP contribution is 2.26. The summed E-state index contributed by atoms with van der Waals surface area (Å²) in [6.07, 6.45) is 0.465. The van der Waals surface area contributed by atoms with E-state index in [2.05, 4.69) is 0 Å². The van der Waals surface area contributed by atoms with Crippen molar-refractivity contribution in [3.05, 3.63) is 29.8 Å². The maximum Gasteiger partial charge on any atom is 0.118 e. The summed E-state index contributed by atoms with van der Waals surface area (Å²) in [5, 5.41) is 9.50. The van der Waals surface area contributed by atoms with E-state index >= 15 is 0 Å². The van der Waals surface area contributed by atoms with Gasteiger partial charge in [-0.1, -0.05) is 25.1 Å². The lowest BCUT2D eigenvalue weighted by molar-refractivity contribution is 0.236. The maximum atomic E-state index is 12.7. The molecule has 0 fully saturated rings. The second-order valence-electron chi connectivity index (χ2n) is 3.95. The summed E-state index contributed by atoms with van der Waals surface area (Å²) in [7, 11) is 0. The first-order chi connectivity index (χ1) is 6.61. The van der Waals surface area contributed by atoms with Crippen LogP contribution in [0.25, 0.3) is 0 Å². The first kappa shape index (κ1) is 11.0. The predicted octanol–water partition coefficient (Wildman–Crippen LogP) is 1.87. The van der Waals surface area contributed by atoms with Gasteiger partial charge in [-0.2, -0.15) is 0 Å². The molecule has 78 valence electrons. The molecule has 3 N–H and O–H groups in total. The van der Waals surface area contributed by atoms with E-state index in [1.54, 1.807) is 25.1 Å². The van der Waals surface area contributed by atoms with Crippen molar-refractivity contribution in [3.8, 4) is 5.75 Å². The van der Waals surface area contributed by atoms with Crippen molar-refractivity contribution in [2.45, 2.75) is 13.3 Å². The van der Waals surface area contributed by atoms with Gasteiger partial charge in [0.15, 0.2) is 0 Å². The summed E-state index contributed by atoms with van der Waals surface area (Å²) in [6, 6.07) is 6.96. The average molecular weight is 197 g/mol. The highest BCUT2D eigenvalue weighted by atomic mass is 19.1. The van der Waals surface area contributed by atoms with Crippen molar-refractivity contribution < 1.29 is 9.50 Å². The Morgan fingerprint density at radius 2 is 2.07 bits per heavy atom. The molecular weight excluding hydrogens is 181 g/mol. The van der Waals surface area contributed by atoms with Crippen molar-refractivity contribution in [2.75, 3.05) is 13.2 Å². The lowest BCUT2D eigenvalue weighted by Crippen LogP contribution is -2.31. The number of rotatable bonds is 4. The second kappa shape index (κ2) is 4.42. The Balaban J connectivity index is 2.82. The molecule has 0 aromatic heterocycles. The molecule has 1 unspecified atom stereocenters. The van der Waals surface area contributed by atoms with Crippen LogP contribution in [-0.4, -0.2) is 18.3 Å². The molecule has 14 heavy (non-hydrogen) atoms. The minimum atomic E-state index is -0.571. The van der Waals surface area contributed by atoms with Crippen LogP contribution in [0.2, 0.25) is 0 Å². The van der Waals surface area contributed by atoms with Gasteiger partial charge in [0.25, 0.3) is 0 Å². The standard InChI is InChI=1S/C11H16FNO/c1-11(7-12,8-13)6-9-4-2-3-5-10(9)14/h2-5,14H,6-8,13H2,1H3. The van der Waals surface area contributed by atoms with Crippen molar-refractivity contribution in [1.29, 1.82) is 0 Å². The number of hydrogen-bond donors (Lipinski definition) is 2. The van der Waals surface area contributed by atoms with Crippen LogP contribution in [0.5, 0.6) is 5.75 Å². The summed E-state index contributed by atoms with van der Waals surface area (Å²) >= 11 is 0. The van der Waals surface area contributed by atoms with Crippen LogP contribution < -0.4 is 5.73 Å². The topological polar surface area (TPSA) is 46.2 Å². The molecule has 0 radical (unpaired) electrons. The fourth-order valence-electron chi connectivity index (χ4n) is 1.29. The predicted molar refractivity (Wildman–Crippen MR) is 54.9 cm³/mol. The molecule has 0 aliphatic heterocycles. The number of nitrogens with two attached hydrogens (primary N) is 1. The number of phenols is 1. The molecule has 0 aliphatic carbocycles. The summed E-state index contributed by atoms with van der Waals surface area (Å²) in [5.74, 6) is 0.209. The number of aromatic hydroxyl groups is 1. The lowest BCUT2D eigenvalue weighted by Gasteiger charge is -2.24. The van der Waals surface area contributed by atoms with Crippen LogP contribution in [0, 0.1) is 5.41 Å². The average Bonchev–Trinajstić information content (AvgIpc) is 2.21. The number of halogens is 1. The van der Waals surface area contributed by atoms with Gasteiger partial charge in [0.2, 0.25) is 0 Å². The molecule has 0 aliphatic rings. The molecule has 1 aromatic rings. The Hall–Kier alpha value is -1.09. The van der Waals surface area contributed by atoms with Crippen LogP contribution in [0.4, 0.5) is 4.39 Å². The van der Waals surface area contributed by atoms with E-state index in [-0.39, 0.29) is 12.3 Å². The second-order valence-corrected chi connectivity index (χ2v) is 3.95. The molecule has 2 nitrogen and oxygen atoms in total. The maximum absolute atomic E-state index is 12.7.